The Morgan fingerprint density at radius 3 is 2.30 bits per heavy atom. The van der Waals surface area contributed by atoms with Crippen molar-refractivity contribution in [1.82, 2.24) is 4.98 Å². The smallest absolute Gasteiger partial charge is 0.283 e. The third-order valence-corrected chi connectivity index (χ3v) is 4.74. The molecule has 1 heterocycles. The zero-order valence-corrected chi connectivity index (χ0v) is 12.5. The molecule has 2 N–H and O–H groups in total. The summed E-state index contributed by atoms with van der Waals surface area (Å²) >= 11 is 0. The number of nitrogens with two attached hydrogens (primary N) is 1. The maximum absolute atomic E-state index is 12.6. The molecule has 0 atom stereocenters. The molecule has 0 amide bonds. The lowest BCUT2D eigenvalue weighted by Gasteiger charge is -2.20. The van der Waals surface area contributed by atoms with Crippen LogP contribution in [-0.2, 0) is 10.0 Å². The molecule has 5 nitrogen and oxygen atoms in total. The second-order valence-corrected chi connectivity index (χ2v) is 6.60. The van der Waals surface area contributed by atoms with Crippen molar-refractivity contribution in [3.05, 3.63) is 47.7 Å². The molecular formula is C14H17N3O2S. The van der Waals surface area contributed by atoms with Gasteiger partial charge in [0.1, 0.15) is 0 Å². The van der Waals surface area contributed by atoms with Crippen LogP contribution in [0.2, 0.25) is 0 Å². The fourth-order valence-electron chi connectivity index (χ4n) is 2.02. The van der Waals surface area contributed by atoms with E-state index in [1.54, 1.807) is 6.07 Å². The van der Waals surface area contributed by atoms with E-state index in [1.807, 2.05) is 32.0 Å². The largest absolute Gasteiger partial charge is 0.396 e. The Morgan fingerprint density at radius 2 is 1.75 bits per heavy atom. The Labute approximate surface area is 119 Å². The van der Waals surface area contributed by atoms with Gasteiger partial charge in [0, 0.05) is 13.2 Å². The predicted molar refractivity (Wildman–Crippen MR) is 80.2 cm³/mol. The number of pyridine rings is 1. The highest BCUT2D eigenvalue weighted by Crippen LogP contribution is 2.25. The van der Waals surface area contributed by atoms with Crippen LogP contribution in [0.3, 0.4) is 0 Å². The molecule has 0 saturated heterocycles. The number of aryl methyl sites for hydroxylation is 2. The normalized spacial score (nSPS) is 11.3. The maximum atomic E-state index is 12.6. The number of hydrogen-bond donors (Lipinski definition) is 1. The van der Waals surface area contributed by atoms with Gasteiger partial charge in [-0.05, 0) is 49.2 Å². The lowest BCUT2D eigenvalue weighted by Crippen LogP contribution is -2.28. The monoisotopic (exact) mass is 291 g/mol. The molecule has 6 heteroatoms. The van der Waals surface area contributed by atoms with Gasteiger partial charge in [0.2, 0.25) is 0 Å². The van der Waals surface area contributed by atoms with Gasteiger partial charge in [0.05, 0.1) is 11.4 Å². The van der Waals surface area contributed by atoms with E-state index in [-0.39, 0.29) is 10.7 Å². The standard InChI is InChI=1S/C14H17N3O2S/c1-10-7-11(2)9-12(8-10)17(3)20(18,19)14-13(15)5-4-6-16-14/h4-9H,15H2,1-3H3. The number of sulfonamides is 1. The molecule has 0 bridgehead atoms. The van der Waals surface area contributed by atoms with Gasteiger partial charge in [-0.15, -0.1) is 0 Å². The lowest BCUT2D eigenvalue weighted by molar-refractivity contribution is 0.591. The summed E-state index contributed by atoms with van der Waals surface area (Å²) in [5.41, 5.74) is 8.44. The summed E-state index contributed by atoms with van der Waals surface area (Å²) in [6.45, 7) is 3.85. The summed E-state index contributed by atoms with van der Waals surface area (Å²) in [5, 5.41) is -0.123. The molecule has 2 aromatic rings. The average molecular weight is 291 g/mol. The Hall–Kier alpha value is -2.08. The maximum Gasteiger partial charge on any atom is 0.283 e. The molecular weight excluding hydrogens is 274 g/mol. The van der Waals surface area contributed by atoms with Crippen LogP contribution in [-0.4, -0.2) is 20.4 Å². The van der Waals surface area contributed by atoms with E-state index in [9.17, 15) is 8.42 Å². The number of rotatable bonds is 3. The van der Waals surface area contributed by atoms with Crippen LogP contribution in [0.5, 0.6) is 0 Å². The molecule has 1 aromatic heterocycles. The highest BCUT2D eigenvalue weighted by molar-refractivity contribution is 7.92. The fourth-order valence-corrected chi connectivity index (χ4v) is 3.22. The highest BCUT2D eigenvalue weighted by atomic mass is 32.2. The minimum absolute atomic E-state index is 0.123. The first-order valence-corrected chi connectivity index (χ1v) is 7.54. The number of nitrogens with zero attached hydrogens (tertiary/aromatic N) is 2. The van der Waals surface area contributed by atoms with Gasteiger partial charge in [0.25, 0.3) is 10.0 Å². The summed E-state index contributed by atoms with van der Waals surface area (Å²) in [5.74, 6) is 0. The molecule has 0 radical (unpaired) electrons. The molecule has 2 rings (SSSR count). The van der Waals surface area contributed by atoms with E-state index in [4.69, 9.17) is 5.73 Å². The summed E-state index contributed by atoms with van der Waals surface area (Å²) in [4.78, 5) is 3.89. The minimum Gasteiger partial charge on any atom is -0.396 e. The Morgan fingerprint density at radius 1 is 1.15 bits per heavy atom. The van der Waals surface area contributed by atoms with Gasteiger partial charge in [-0.25, -0.2) is 4.98 Å². The average Bonchev–Trinajstić information content (AvgIpc) is 2.37. The van der Waals surface area contributed by atoms with Crippen LogP contribution < -0.4 is 10.0 Å². The summed E-state index contributed by atoms with van der Waals surface area (Å²) in [6.07, 6.45) is 1.42. The van der Waals surface area contributed by atoms with E-state index in [0.29, 0.717) is 5.69 Å². The van der Waals surface area contributed by atoms with Crippen molar-refractivity contribution in [2.24, 2.45) is 0 Å². The van der Waals surface area contributed by atoms with Gasteiger partial charge in [-0.3, -0.25) is 4.31 Å². The molecule has 0 saturated carbocycles. The fraction of sp³-hybridized carbons (Fsp3) is 0.214. The Bertz CT molecular complexity index is 722. The van der Waals surface area contributed by atoms with Crippen LogP contribution in [0.1, 0.15) is 11.1 Å². The van der Waals surface area contributed by atoms with E-state index in [2.05, 4.69) is 4.98 Å². The van der Waals surface area contributed by atoms with Crippen molar-refractivity contribution >= 4 is 21.4 Å². The van der Waals surface area contributed by atoms with Crippen LogP contribution >= 0.6 is 0 Å². The topological polar surface area (TPSA) is 76.3 Å². The second kappa shape index (κ2) is 5.13. The first-order chi connectivity index (χ1) is 9.32. The van der Waals surface area contributed by atoms with E-state index in [1.165, 1.54) is 23.6 Å². The Balaban J connectivity index is 2.52. The third-order valence-electron chi connectivity index (χ3n) is 2.98. The molecule has 106 valence electrons. The molecule has 20 heavy (non-hydrogen) atoms. The predicted octanol–water partition coefficient (Wildman–Crippen LogP) is 2.11. The first kappa shape index (κ1) is 14.3. The zero-order chi connectivity index (χ0) is 14.9. The summed E-state index contributed by atoms with van der Waals surface area (Å²) < 4.78 is 26.3. The van der Waals surface area contributed by atoms with Crippen molar-refractivity contribution in [2.75, 3.05) is 17.1 Å². The minimum atomic E-state index is -3.76. The Kier molecular flexibility index (Phi) is 3.67. The zero-order valence-electron chi connectivity index (χ0n) is 11.7. The molecule has 0 aliphatic carbocycles. The van der Waals surface area contributed by atoms with Crippen molar-refractivity contribution < 1.29 is 8.42 Å². The van der Waals surface area contributed by atoms with Crippen molar-refractivity contribution in [3.63, 3.8) is 0 Å². The molecule has 0 aliphatic rings. The molecule has 0 spiro atoms. The van der Waals surface area contributed by atoms with Crippen molar-refractivity contribution in [2.45, 2.75) is 18.9 Å². The van der Waals surface area contributed by atoms with Gasteiger partial charge < -0.3 is 5.73 Å². The van der Waals surface area contributed by atoms with Crippen molar-refractivity contribution in [1.29, 1.82) is 0 Å². The summed E-state index contributed by atoms with van der Waals surface area (Å²) in [7, 11) is -2.26. The number of aromatic nitrogens is 1. The van der Waals surface area contributed by atoms with E-state index >= 15 is 0 Å². The van der Waals surface area contributed by atoms with Crippen LogP contribution in [0.25, 0.3) is 0 Å². The van der Waals surface area contributed by atoms with Crippen LogP contribution in [0.4, 0.5) is 11.4 Å². The van der Waals surface area contributed by atoms with E-state index < -0.39 is 10.0 Å². The second-order valence-electron chi connectivity index (χ2n) is 4.72. The van der Waals surface area contributed by atoms with Gasteiger partial charge in [0.15, 0.2) is 5.03 Å². The van der Waals surface area contributed by atoms with Gasteiger partial charge in [-0.2, -0.15) is 8.42 Å². The SMILES string of the molecule is Cc1cc(C)cc(N(C)S(=O)(=O)c2ncccc2N)c1. The number of nitrogen functional groups attached to an aromatic ring is 1. The number of anilines is 2. The highest BCUT2D eigenvalue weighted by Gasteiger charge is 2.25. The molecule has 0 fully saturated rings. The van der Waals surface area contributed by atoms with Gasteiger partial charge >= 0.3 is 0 Å². The number of hydrogen-bond acceptors (Lipinski definition) is 4. The van der Waals surface area contributed by atoms with Crippen LogP contribution in [0, 0.1) is 13.8 Å². The molecule has 0 aliphatic heterocycles. The van der Waals surface area contributed by atoms with Crippen LogP contribution in [0.15, 0.2) is 41.6 Å². The quantitative estimate of drug-likeness (QED) is 0.939. The van der Waals surface area contributed by atoms with E-state index in [0.717, 1.165) is 11.1 Å². The third kappa shape index (κ3) is 2.60. The molecule has 1 aromatic carbocycles. The lowest BCUT2D eigenvalue weighted by atomic mass is 10.1. The van der Waals surface area contributed by atoms with Crippen molar-refractivity contribution in [3.8, 4) is 0 Å². The van der Waals surface area contributed by atoms with Gasteiger partial charge in [-0.1, -0.05) is 6.07 Å². The number of benzene rings is 1. The summed E-state index contributed by atoms with van der Waals surface area (Å²) in [6, 6.07) is 8.73. The first-order valence-electron chi connectivity index (χ1n) is 6.10. The molecule has 0 unspecified atom stereocenters.